The Bertz CT molecular complexity index is 812. The van der Waals surface area contributed by atoms with Crippen LogP contribution in [0.1, 0.15) is 12.8 Å². The summed E-state index contributed by atoms with van der Waals surface area (Å²) in [5.41, 5.74) is 0. The quantitative estimate of drug-likeness (QED) is 0.537. The number of nitrogens with one attached hydrogen (secondary N) is 2. The predicted molar refractivity (Wildman–Crippen MR) is 98.0 cm³/mol. The van der Waals surface area contributed by atoms with E-state index in [9.17, 15) is 13.2 Å². The van der Waals surface area contributed by atoms with Gasteiger partial charge in [0.25, 0.3) is 0 Å². The van der Waals surface area contributed by atoms with Crippen LogP contribution in [0.3, 0.4) is 0 Å². The van der Waals surface area contributed by atoms with E-state index in [0.717, 1.165) is 0 Å². The summed E-state index contributed by atoms with van der Waals surface area (Å²) in [6, 6.07) is 8.35. The molecule has 2 heterocycles. The third kappa shape index (κ3) is 4.63. The summed E-state index contributed by atoms with van der Waals surface area (Å²) < 4.78 is 26.9. The summed E-state index contributed by atoms with van der Waals surface area (Å²) in [5, 5.41) is 10.1. The third-order valence-electron chi connectivity index (χ3n) is 4.17. The first-order valence-corrected chi connectivity index (χ1v) is 10.8. The highest BCUT2D eigenvalue weighted by Crippen LogP contribution is 2.23. The van der Waals surface area contributed by atoms with Gasteiger partial charge in [0.15, 0.2) is 5.16 Å². The summed E-state index contributed by atoms with van der Waals surface area (Å²) in [5.74, 6) is 0.244. The SMILES string of the molecule is O=C(NCCSc1ncn[nH]1)[C@@H]1CCCN(S(=O)(=O)c2ccccc2)C1. The van der Waals surface area contributed by atoms with E-state index in [1.165, 1.54) is 22.4 Å². The lowest BCUT2D eigenvalue weighted by molar-refractivity contribution is -0.125. The highest BCUT2D eigenvalue weighted by atomic mass is 32.2. The van der Waals surface area contributed by atoms with E-state index in [0.29, 0.717) is 36.8 Å². The second kappa shape index (κ2) is 8.65. The van der Waals surface area contributed by atoms with Crippen LogP contribution in [0.25, 0.3) is 0 Å². The Balaban J connectivity index is 1.52. The zero-order valence-electron chi connectivity index (χ0n) is 14.2. The Labute approximate surface area is 156 Å². The van der Waals surface area contributed by atoms with Gasteiger partial charge in [-0.25, -0.2) is 13.4 Å². The number of H-pyrrole nitrogens is 1. The molecular weight excluding hydrogens is 374 g/mol. The van der Waals surface area contributed by atoms with Crippen LogP contribution < -0.4 is 5.32 Å². The van der Waals surface area contributed by atoms with E-state index in [1.54, 1.807) is 30.3 Å². The summed E-state index contributed by atoms with van der Waals surface area (Å²) in [6.07, 6.45) is 2.81. The molecule has 140 valence electrons. The zero-order valence-corrected chi connectivity index (χ0v) is 15.8. The van der Waals surface area contributed by atoms with Crippen LogP contribution in [0.15, 0.2) is 46.7 Å². The largest absolute Gasteiger partial charge is 0.355 e. The molecule has 0 aliphatic carbocycles. The predicted octanol–water partition coefficient (Wildman–Crippen LogP) is 1.11. The van der Waals surface area contributed by atoms with Gasteiger partial charge in [-0.3, -0.25) is 9.89 Å². The second-order valence-corrected chi connectivity index (χ2v) is 8.97. The maximum absolute atomic E-state index is 12.7. The molecule has 1 aliphatic heterocycles. The van der Waals surface area contributed by atoms with Crippen molar-refractivity contribution in [3.8, 4) is 0 Å². The number of piperidine rings is 1. The summed E-state index contributed by atoms with van der Waals surface area (Å²) in [4.78, 5) is 16.7. The Morgan fingerprint density at radius 2 is 2.15 bits per heavy atom. The molecule has 0 bridgehead atoms. The molecule has 0 saturated carbocycles. The topological polar surface area (TPSA) is 108 Å². The fourth-order valence-electron chi connectivity index (χ4n) is 2.85. The van der Waals surface area contributed by atoms with Gasteiger partial charge in [-0.15, -0.1) is 0 Å². The fraction of sp³-hybridized carbons (Fsp3) is 0.438. The van der Waals surface area contributed by atoms with Gasteiger partial charge >= 0.3 is 0 Å². The average Bonchev–Trinajstić information content (AvgIpc) is 3.19. The van der Waals surface area contributed by atoms with Crippen molar-refractivity contribution in [1.29, 1.82) is 0 Å². The van der Waals surface area contributed by atoms with Crippen LogP contribution in [0.5, 0.6) is 0 Å². The zero-order chi connectivity index (χ0) is 18.4. The fourth-order valence-corrected chi connectivity index (χ4v) is 5.03. The number of hydrogen-bond acceptors (Lipinski definition) is 6. The minimum Gasteiger partial charge on any atom is -0.355 e. The molecule has 1 fully saturated rings. The van der Waals surface area contributed by atoms with Crippen molar-refractivity contribution in [2.24, 2.45) is 5.92 Å². The van der Waals surface area contributed by atoms with Gasteiger partial charge in [-0.1, -0.05) is 30.0 Å². The van der Waals surface area contributed by atoms with Crippen molar-refractivity contribution < 1.29 is 13.2 Å². The molecule has 3 rings (SSSR count). The van der Waals surface area contributed by atoms with Crippen LogP contribution in [-0.4, -0.2) is 59.2 Å². The summed E-state index contributed by atoms with van der Waals surface area (Å²) in [7, 11) is -3.55. The summed E-state index contributed by atoms with van der Waals surface area (Å²) in [6.45, 7) is 1.16. The number of benzene rings is 1. The van der Waals surface area contributed by atoms with Gasteiger partial charge < -0.3 is 5.32 Å². The molecule has 0 spiro atoms. The van der Waals surface area contributed by atoms with Crippen molar-refractivity contribution in [2.75, 3.05) is 25.4 Å². The number of sulfonamides is 1. The molecule has 1 aromatic heterocycles. The van der Waals surface area contributed by atoms with Gasteiger partial charge in [0.05, 0.1) is 10.8 Å². The van der Waals surface area contributed by atoms with Gasteiger partial charge in [0.2, 0.25) is 15.9 Å². The minimum atomic E-state index is -3.55. The van der Waals surface area contributed by atoms with E-state index < -0.39 is 10.0 Å². The molecule has 1 aromatic carbocycles. The molecule has 1 atom stereocenters. The van der Waals surface area contributed by atoms with E-state index in [-0.39, 0.29) is 23.3 Å². The van der Waals surface area contributed by atoms with Gasteiger partial charge in [-0.2, -0.15) is 9.40 Å². The molecule has 1 saturated heterocycles. The first-order chi connectivity index (χ1) is 12.6. The number of nitrogens with zero attached hydrogens (tertiary/aromatic N) is 3. The Hall–Kier alpha value is -1.91. The maximum Gasteiger partial charge on any atom is 0.243 e. The highest BCUT2D eigenvalue weighted by molar-refractivity contribution is 7.99. The Morgan fingerprint density at radius 3 is 2.88 bits per heavy atom. The number of aromatic amines is 1. The lowest BCUT2D eigenvalue weighted by atomic mass is 9.99. The molecule has 26 heavy (non-hydrogen) atoms. The number of hydrogen-bond donors (Lipinski definition) is 2. The van der Waals surface area contributed by atoms with Gasteiger partial charge in [0.1, 0.15) is 6.33 Å². The number of carbonyl (C=O) groups is 1. The lowest BCUT2D eigenvalue weighted by Gasteiger charge is -2.31. The minimum absolute atomic E-state index is 0.101. The van der Waals surface area contributed by atoms with E-state index in [1.807, 2.05) is 0 Å². The third-order valence-corrected chi connectivity index (χ3v) is 6.93. The molecule has 0 radical (unpaired) electrons. The molecule has 0 unspecified atom stereocenters. The van der Waals surface area contributed by atoms with Crippen LogP contribution in [0, 0.1) is 5.92 Å². The van der Waals surface area contributed by atoms with Gasteiger partial charge in [0, 0.05) is 25.4 Å². The van der Waals surface area contributed by atoms with Crippen molar-refractivity contribution in [1.82, 2.24) is 24.8 Å². The Morgan fingerprint density at radius 1 is 1.35 bits per heavy atom. The second-order valence-electron chi connectivity index (χ2n) is 5.95. The van der Waals surface area contributed by atoms with Gasteiger partial charge in [-0.05, 0) is 25.0 Å². The highest BCUT2D eigenvalue weighted by Gasteiger charge is 2.33. The van der Waals surface area contributed by atoms with Crippen molar-refractivity contribution >= 4 is 27.7 Å². The lowest BCUT2D eigenvalue weighted by Crippen LogP contribution is -2.45. The van der Waals surface area contributed by atoms with E-state index in [2.05, 4.69) is 20.5 Å². The van der Waals surface area contributed by atoms with Crippen molar-refractivity contribution in [3.63, 3.8) is 0 Å². The number of amides is 1. The van der Waals surface area contributed by atoms with Crippen LogP contribution in [0.2, 0.25) is 0 Å². The first-order valence-electron chi connectivity index (χ1n) is 8.38. The van der Waals surface area contributed by atoms with Crippen molar-refractivity contribution in [3.05, 3.63) is 36.7 Å². The van der Waals surface area contributed by atoms with Crippen molar-refractivity contribution in [2.45, 2.75) is 22.9 Å². The molecule has 1 amide bonds. The summed E-state index contributed by atoms with van der Waals surface area (Å²) >= 11 is 1.47. The smallest absolute Gasteiger partial charge is 0.243 e. The first kappa shape index (κ1) is 18.9. The average molecular weight is 396 g/mol. The molecule has 2 N–H and O–H groups in total. The number of carbonyl (C=O) groups excluding carboxylic acids is 1. The Kier molecular flexibility index (Phi) is 6.28. The number of thioether (sulfide) groups is 1. The molecule has 1 aliphatic rings. The standard InChI is InChI=1S/C16H21N5O3S2/c22-15(17-8-10-25-16-18-12-19-20-16)13-5-4-9-21(11-13)26(23,24)14-6-2-1-3-7-14/h1-3,6-7,12-13H,4-5,8-11H2,(H,17,22)(H,18,19,20)/t13-/m1/s1. The monoisotopic (exact) mass is 395 g/mol. The molecule has 8 nitrogen and oxygen atoms in total. The van der Waals surface area contributed by atoms with Crippen LogP contribution in [-0.2, 0) is 14.8 Å². The van der Waals surface area contributed by atoms with E-state index in [4.69, 9.17) is 0 Å². The number of aromatic nitrogens is 3. The van der Waals surface area contributed by atoms with Crippen LogP contribution >= 0.6 is 11.8 Å². The van der Waals surface area contributed by atoms with Crippen LogP contribution in [0.4, 0.5) is 0 Å². The molecular formula is C16H21N5O3S2. The molecule has 10 heteroatoms. The van der Waals surface area contributed by atoms with E-state index >= 15 is 0 Å². The molecule has 2 aromatic rings. The normalized spacial score (nSPS) is 18.5. The number of rotatable bonds is 7. The maximum atomic E-state index is 12.7.